The summed E-state index contributed by atoms with van der Waals surface area (Å²) in [5, 5.41) is 13.2. The highest BCUT2D eigenvalue weighted by molar-refractivity contribution is 8.02. The van der Waals surface area contributed by atoms with Gasteiger partial charge in [0.1, 0.15) is 5.82 Å². The van der Waals surface area contributed by atoms with E-state index in [-0.39, 0.29) is 45.6 Å². The van der Waals surface area contributed by atoms with Crippen molar-refractivity contribution in [1.82, 2.24) is 9.97 Å². The molecule has 2 aromatic heterocycles. The van der Waals surface area contributed by atoms with E-state index in [1.54, 1.807) is 25.6 Å². The summed E-state index contributed by atoms with van der Waals surface area (Å²) in [4.78, 5) is 31.7. The Balaban J connectivity index is 1.84. The van der Waals surface area contributed by atoms with Gasteiger partial charge >= 0.3 is 5.97 Å². The number of carbonyl (C=O) groups is 2. The number of carboxylic acids is 1. The number of ether oxygens (including phenoxy) is 1. The molecule has 1 unspecified atom stereocenters. The molecule has 2 N–H and O–H groups in total. The van der Waals surface area contributed by atoms with Gasteiger partial charge in [0.15, 0.2) is 14.9 Å². The van der Waals surface area contributed by atoms with E-state index in [0.717, 1.165) is 11.9 Å². The Morgan fingerprint density at radius 3 is 2.66 bits per heavy atom. The fourth-order valence-corrected chi connectivity index (χ4v) is 5.18. The van der Waals surface area contributed by atoms with Crippen molar-refractivity contribution in [2.45, 2.75) is 31.4 Å². The number of aromatic carboxylic acids is 1. The maximum Gasteiger partial charge on any atom is 0.337 e. The van der Waals surface area contributed by atoms with Crippen molar-refractivity contribution in [3.8, 4) is 5.88 Å². The fourth-order valence-electron chi connectivity index (χ4n) is 2.85. The van der Waals surface area contributed by atoms with E-state index in [0.29, 0.717) is 6.42 Å². The topological polar surface area (TPSA) is 136 Å². The first-order valence-electron chi connectivity index (χ1n) is 9.84. The number of nitrogens with one attached hydrogen (secondary N) is 1. The van der Waals surface area contributed by atoms with Crippen LogP contribution in [0.4, 0.5) is 5.82 Å². The van der Waals surface area contributed by atoms with E-state index < -0.39 is 21.7 Å². The number of allylic oxidation sites excluding steroid dienone is 1. The fraction of sp³-hybridized carbons (Fsp3) is 0.333. The van der Waals surface area contributed by atoms with Crippen molar-refractivity contribution in [3.05, 3.63) is 53.1 Å². The highest BCUT2D eigenvalue weighted by Crippen LogP contribution is 2.25. The van der Waals surface area contributed by atoms with E-state index in [1.807, 2.05) is 11.5 Å². The summed E-state index contributed by atoms with van der Waals surface area (Å²) in [5.41, 5.74) is 0.0121. The number of thioether (sulfide) groups is 1. The SMILES string of the molecule is CC(C)Oc1cc(C(=O)Nc2ccc(C(=O)O)cn2)cc(S(=O)(=O)CCC2C=CSC2)n1. The van der Waals surface area contributed by atoms with E-state index in [2.05, 4.69) is 15.3 Å². The van der Waals surface area contributed by atoms with Gasteiger partial charge in [0.05, 0.1) is 17.4 Å². The molecule has 1 aliphatic rings. The number of pyridine rings is 2. The highest BCUT2D eigenvalue weighted by atomic mass is 32.2. The van der Waals surface area contributed by atoms with Gasteiger partial charge in [0, 0.05) is 23.6 Å². The molecule has 3 rings (SSSR count). The average Bonchev–Trinajstić information content (AvgIpc) is 3.26. The Morgan fingerprint density at radius 2 is 2.06 bits per heavy atom. The molecule has 0 radical (unpaired) electrons. The Hall–Kier alpha value is -2.92. The molecule has 0 saturated heterocycles. The largest absolute Gasteiger partial charge is 0.478 e. The predicted molar refractivity (Wildman–Crippen MR) is 121 cm³/mol. The first-order chi connectivity index (χ1) is 15.1. The maximum absolute atomic E-state index is 12.9. The van der Waals surface area contributed by atoms with E-state index in [4.69, 9.17) is 9.84 Å². The van der Waals surface area contributed by atoms with Crippen LogP contribution < -0.4 is 10.1 Å². The van der Waals surface area contributed by atoms with Crippen LogP contribution in [0.5, 0.6) is 5.88 Å². The normalized spacial score (nSPS) is 15.7. The molecular weight excluding hydrogens is 454 g/mol. The number of nitrogens with zero attached hydrogens (tertiary/aromatic N) is 2. The van der Waals surface area contributed by atoms with Crippen LogP contribution in [-0.2, 0) is 9.84 Å². The standard InChI is InChI=1S/C21H23N3O6S2/c1-13(2)30-18-9-16(20(25)23-17-4-3-15(11-22-17)21(26)27)10-19(24-18)32(28,29)8-6-14-5-7-31-12-14/h3-5,7,9-11,13-14H,6,8,12H2,1-2H3,(H,26,27)(H,22,23,25). The van der Waals surface area contributed by atoms with Crippen LogP contribution in [-0.4, -0.2) is 53.0 Å². The molecule has 0 bridgehead atoms. The number of amides is 1. The molecule has 0 aromatic carbocycles. The first kappa shape index (κ1) is 23.7. The number of sulfone groups is 1. The number of carbonyl (C=O) groups excluding carboxylic acids is 1. The van der Waals surface area contributed by atoms with Gasteiger partial charge in [0.25, 0.3) is 5.91 Å². The van der Waals surface area contributed by atoms with Gasteiger partial charge in [-0.25, -0.2) is 23.2 Å². The molecule has 0 aliphatic carbocycles. The van der Waals surface area contributed by atoms with Crippen molar-refractivity contribution in [3.63, 3.8) is 0 Å². The molecule has 2 aromatic rings. The molecule has 1 aliphatic heterocycles. The van der Waals surface area contributed by atoms with Gasteiger partial charge < -0.3 is 15.2 Å². The third-order valence-corrected chi connectivity index (χ3v) is 7.07. The second kappa shape index (κ2) is 10.1. The molecule has 32 heavy (non-hydrogen) atoms. The van der Waals surface area contributed by atoms with E-state index in [1.165, 1.54) is 24.3 Å². The summed E-state index contributed by atoms with van der Waals surface area (Å²) in [6.07, 6.45) is 3.29. The summed E-state index contributed by atoms with van der Waals surface area (Å²) >= 11 is 1.65. The third-order valence-electron chi connectivity index (χ3n) is 4.48. The summed E-state index contributed by atoms with van der Waals surface area (Å²) < 4.78 is 31.4. The third kappa shape index (κ3) is 6.30. The number of anilines is 1. The van der Waals surface area contributed by atoms with Crippen LogP contribution in [0.25, 0.3) is 0 Å². The zero-order chi connectivity index (χ0) is 23.3. The zero-order valence-electron chi connectivity index (χ0n) is 17.5. The lowest BCUT2D eigenvalue weighted by molar-refractivity contribution is 0.0696. The van der Waals surface area contributed by atoms with Crippen LogP contribution in [0.3, 0.4) is 0 Å². The van der Waals surface area contributed by atoms with Gasteiger partial charge in [-0.1, -0.05) is 6.08 Å². The number of carboxylic acid groups (broad SMARTS) is 1. The quantitative estimate of drug-likeness (QED) is 0.558. The Bertz CT molecular complexity index is 1130. The van der Waals surface area contributed by atoms with Crippen molar-refractivity contribution >= 4 is 39.3 Å². The minimum Gasteiger partial charge on any atom is -0.478 e. The second-order valence-corrected chi connectivity index (χ2v) is 10.4. The van der Waals surface area contributed by atoms with Gasteiger partial charge in [-0.2, -0.15) is 0 Å². The second-order valence-electron chi connectivity index (χ2n) is 7.42. The van der Waals surface area contributed by atoms with E-state index in [9.17, 15) is 18.0 Å². The lowest BCUT2D eigenvalue weighted by Gasteiger charge is -2.13. The number of rotatable bonds is 9. The average molecular weight is 478 g/mol. The van der Waals surface area contributed by atoms with Crippen LogP contribution >= 0.6 is 11.8 Å². The van der Waals surface area contributed by atoms with Crippen molar-refractivity contribution < 1.29 is 27.9 Å². The Kier molecular flexibility index (Phi) is 7.52. The van der Waals surface area contributed by atoms with Crippen molar-refractivity contribution in [2.24, 2.45) is 5.92 Å². The molecule has 1 amide bonds. The lowest BCUT2D eigenvalue weighted by atomic mass is 10.1. The Morgan fingerprint density at radius 1 is 1.28 bits per heavy atom. The monoisotopic (exact) mass is 477 g/mol. The zero-order valence-corrected chi connectivity index (χ0v) is 19.1. The number of aromatic nitrogens is 2. The molecule has 0 saturated carbocycles. The molecule has 3 heterocycles. The van der Waals surface area contributed by atoms with Crippen LogP contribution in [0.15, 0.2) is 47.0 Å². The van der Waals surface area contributed by atoms with Crippen LogP contribution in [0.1, 0.15) is 41.0 Å². The van der Waals surface area contributed by atoms with Crippen LogP contribution in [0.2, 0.25) is 0 Å². The molecule has 9 nitrogen and oxygen atoms in total. The molecule has 1 atom stereocenters. The molecular formula is C21H23N3O6S2. The van der Waals surface area contributed by atoms with Crippen molar-refractivity contribution in [1.29, 1.82) is 0 Å². The minimum atomic E-state index is -3.75. The van der Waals surface area contributed by atoms with Gasteiger partial charge in [0.2, 0.25) is 5.88 Å². The smallest absolute Gasteiger partial charge is 0.337 e. The molecule has 170 valence electrons. The summed E-state index contributed by atoms with van der Waals surface area (Å²) in [6, 6.07) is 5.22. The number of hydrogen-bond acceptors (Lipinski definition) is 8. The molecule has 0 spiro atoms. The van der Waals surface area contributed by atoms with Crippen LogP contribution in [0, 0.1) is 5.92 Å². The summed E-state index contributed by atoms with van der Waals surface area (Å²) in [7, 11) is -3.75. The van der Waals surface area contributed by atoms with Gasteiger partial charge in [-0.05, 0) is 49.8 Å². The number of hydrogen-bond donors (Lipinski definition) is 2. The summed E-state index contributed by atoms with van der Waals surface area (Å²) in [5.74, 6) is -0.673. The minimum absolute atomic E-state index is 0.0246. The molecule has 11 heteroatoms. The Labute approximate surface area is 190 Å². The van der Waals surface area contributed by atoms with Crippen molar-refractivity contribution in [2.75, 3.05) is 16.8 Å². The highest BCUT2D eigenvalue weighted by Gasteiger charge is 2.23. The molecule has 0 fully saturated rings. The predicted octanol–water partition coefficient (Wildman–Crippen LogP) is 3.25. The van der Waals surface area contributed by atoms with Gasteiger partial charge in [-0.15, -0.1) is 11.8 Å². The first-order valence-corrected chi connectivity index (χ1v) is 12.5. The lowest BCUT2D eigenvalue weighted by Crippen LogP contribution is -2.18. The van der Waals surface area contributed by atoms with E-state index >= 15 is 0 Å². The van der Waals surface area contributed by atoms with Gasteiger partial charge in [-0.3, -0.25) is 4.79 Å². The summed E-state index contributed by atoms with van der Waals surface area (Å²) in [6.45, 7) is 3.53. The maximum atomic E-state index is 12.9.